The highest BCUT2D eigenvalue weighted by atomic mass is 16.5. The maximum Gasteiger partial charge on any atom is 0.341 e. The molecule has 28 heavy (non-hydrogen) atoms. The van der Waals surface area contributed by atoms with Crippen LogP contribution >= 0.6 is 0 Å². The molecule has 0 saturated heterocycles. The Hall–Kier alpha value is -3.61. The Morgan fingerprint density at radius 1 is 1.07 bits per heavy atom. The molecule has 0 saturated carbocycles. The van der Waals surface area contributed by atoms with E-state index in [1.165, 1.54) is 7.11 Å². The molecule has 4 rings (SSSR count). The van der Waals surface area contributed by atoms with E-state index in [-0.39, 0.29) is 0 Å². The molecule has 7 heteroatoms. The maximum atomic E-state index is 12.1. The number of esters is 1. The number of aromatic nitrogens is 4. The molecule has 142 valence electrons. The number of aryl methyl sites for hydroxylation is 2. The van der Waals surface area contributed by atoms with E-state index in [9.17, 15) is 4.79 Å². The number of imidazole rings is 1. The Morgan fingerprint density at radius 3 is 2.57 bits per heavy atom. The number of pyridine rings is 1. The third-order valence-corrected chi connectivity index (χ3v) is 4.76. The lowest BCUT2D eigenvalue weighted by Crippen LogP contribution is -2.07. The molecule has 0 aliphatic rings. The molecular weight excluding hydrogens is 356 g/mol. The summed E-state index contributed by atoms with van der Waals surface area (Å²) in [4.78, 5) is 16.6. The predicted molar refractivity (Wildman–Crippen MR) is 105 cm³/mol. The SMILES string of the molecule is COC(=O)c1c(C)cc(-c2cnc3cc(-c4cnn(C)c4)ccn23)cc1OC. The smallest absolute Gasteiger partial charge is 0.341 e. The summed E-state index contributed by atoms with van der Waals surface area (Å²) in [7, 11) is 4.79. The molecule has 0 aliphatic carbocycles. The van der Waals surface area contributed by atoms with Crippen molar-refractivity contribution in [1.82, 2.24) is 19.2 Å². The van der Waals surface area contributed by atoms with Crippen molar-refractivity contribution in [1.29, 1.82) is 0 Å². The van der Waals surface area contributed by atoms with E-state index in [4.69, 9.17) is 9.47 Å². The second kappa shape index (κ2) is 6.84. The van der Waals surface area contributed by atoms with Crippen LogP contribution < -0.4 is 4.74 Å². The zero-order valence-electron chi connectivity index (χ0n) is 16.1. The zero-order valence-corrected chi connectivity index (χ0v) is 16.1. The molecule has 0 amide bonds. The van der Waals surface area contributed by atoms with E-state index in [0.717, 1.165) is 33.6 Å². The van der Waals surface area contributed by atoms with Crippen LogP contribution in [0.3, 0.4) is 0 Å². The molecule has 0 unspecified atom stereocenters. The molecule has 0 N–H and O–H groups in total. The number of hydrogen-bond donors (Lipinski definition) is 0. The van der Waals surface area contributed by atoms with E-state index in [1.54, 1.807) is 11.8 Å². The number of ether oxygens (including phenoxy) is 2. The number of carbonyl (C=O) groups excluding carboxylic acids is 1. The first-order chi connectivity index (χ1) is 13.5. The minimum absolute atomic E-state index is 0.417. The van der Waals surface area contributed by atoms with Gasteiger partial charge in [-0.25, -0.2) is 9.78 Å². The molecule has 0 atom stereocenters. The van der Waals surface area contributed by atoms with Crippen molar-refractivity contribution in [3.63, 3.8) is 0 Å². The van der Waals surface area contributed by atoms with Crippen LogP contribution in [0.25, 0.3) is 28.0 Å². The van der Waals surface area contributed by atoms with E-state index in [2.05, 4.69) is 10.1 Å². The largest absolute Gasteiger partial charge is 0.496 e. The molecule has 1 aromatic carbocycles. The summed E-state index contributed by atoms with van der Waals surface area (Å²) in [6.07, 6.45) is 7.59. The van der Waals surface area contributed by atoms with Crippen LogP contribution in [0.2, 0.25) is 0 Å². The monoisotopic (exact) mass is 376 g/mol. The van der Waals surface area contributed by atoms with Gasteiger partial charge in [-0.2, -0.15) is 5.10 Å². The minimum atomic E-state index is -0.417. The van der Waals surface area contributed by atoms with E-state index in [0.29, 0.717) is 11.3 Å². The van der Waals surface area contributed by atoms with Gasteiger partial charge in [0, 0.05) is 30.6 Å². The highest BCUT2D eigenvalue weighted by Crippen LogP contribution is 2.32. The van der Waals surface area contributed by atoms with Gasteiger partial charge in [-0.1, -0.05) is 0 Å². The second-order valence-electron chi connectivity index (χ2n) is 6.55. The van der Waals surface area contributed by atoms with Gasteiger partial charge in [0.1, 0.15) is 17.0 Å². The molecule has 3 aromatic heterocycles. The first-order valence-electron chi connectivity index (χ1n) is 8.75. The van der Waals surface area contributed by atoms with Crippen molar-refractivity contribution in [2.24, 2.45) is 7.05 Å². The van der Waals surface area contributed by atoms with Crippen LogP contribution in [0.4, 0.5) is 0 Å². The Bertz CT molecular complexity index is 1190. The van der Waals surface area contributed by atoms with E-state index < -0.39 is 5.97 Å². The fraction of sp³-hybridized carbons (Fsp3) is 0.190. The summed E-state index contributed by atoms with van der Waals surface area (Å²) >= 11 is 0. The zero-order chi connectivity index (χ0) is 19.8. The van der Waals surface area contributed by atoms with Crippen LogP contribution in [-0.2, 0) is 11.8 Å². The Balaban J connectivity index is 1.81. The fourth-order valence-electron chi connectivity index (χ4n) is 3.37. The molecule has 0 fully saturated rings. The van der Waals surface area contributed by atoms with Crippen molar-refractivity contribution in [3.8, 4) is 28.1 Å². The van der Waals surface area contributed by atoms with Crippen LogP contribution in [-0.4, -0.2) is 39.4 Å². The van der Waals surface area contributed by atoms with Crippen LogP contribution in [0.15, 0.2) is 49.1 Å². The average molecular weight is 376 g/mol. The Labute approximate surface area is 162 Å². The van der Waals surface area contributed by atoms with Gasteiger partial charge in [0.15, 0.2) is 0 Å². The second-order valence-corrected chi connectivity index (χ2v) is 6.55. The van der Waals surface area contributed by atoms with Crippen LogP contribution in [0.5, 0.6) is 5.75 Å². The van der Waals surface area contributed by atoms with Gasteiger partial charge in [0.2, 0.25) is 0 Å². The number of fused-ring (bicyclic) bond motifs is 1. The van der Waals surface area contributed by atoms with Gasteiger partial charge in [-0.3, -0.25) is 9.08 Å². The molecule has 0 spiro atoms. The highest BCUT2D eigenvalue weighted by molar-refractivity contribution is 5.95. The standard InChI is InChI=1S/C21H20N4O3/c1-13-7-15(8-18(27-3)20(13)21(26)28-4)17-11-22-19-9-14(5-6-25(17)19)16-10-23-24(2)12-16/h5-12H,1-4H3. The molecule has 7 nitrogen and oxygen atoms in total. The van der Waals surface area contributed by atoms with Crippen LogP contribution in [0, 0.1) is 6.92 Å². The lowest BCUT2D eigenvalue weighted by atomic mass is 10.0. The number of hydrogen-bond acceptors (Lipinski definition) is 5. The normalized spacial score (nSPS) is 11.0. The number of methoxy groups -OCH3 is 2. The summed E-state index contributed by atoms with van der Waals surface area (Å²) in [5.74, 6) is 0.0592. The Kier molecular flexibility index (Phi) is 4.35. The summed E-state index contributed by atoms with van der Waals surface area (Å²) < 4.78 is 14.1. The van der Waals surface area contributed by atoms with Crippen molar-refractivity contribution in [3.05, 3.63) is 60.2 Å². The fourth-order valence-corrected chi connectivity index (χ4v) is 3.37. The number of benzene rings is 1. The molecule has 0 aliphatic heterocycles. The van der Waals surface area contributed by atoms with Crippen molar-refractivity contribution in [2.45, 2.75) is 6.92 Å². The first kappa shape index (κ1) is 17.8. The van der Waals surface area contributed by atoms with Gasteiger partial charge in [0.25, 0.3) is 0 Å². The van der Waals surface area contributed by atoms with Crippen LogP contribution in [0.1, 0.15) is 15.9 Å². The van der Waals surface area contributed by atoms with Crippen molar-refractivity contribution >= 4 is 11.6 Å². The topological polar surface area (TPSA) is 70.7 Å². The van der Waals surface area contributed by atoms with E-state index in [1.807, 2.05) is 67.4 Å². The highest BCUT2D eigenvalue weighted by Gasteiger charge is 2.19. The maximum absolute atomic E-state index is 12.1. The summed E-state index contributed by atoms with van der Waals surface area (Å²) in [6, 6.07) is 7.82. The van der Waals surface area contributed by atoms with Crippen molar-refractivity contribution < 1.29 is 14.3 Å². The Morgan fingerprint density at radius 2 is 1.89 bits per heavy atom. The molecule has 0 bridgehead atoms. The number of rotatable bonds is 4. The predicted octanol–water partition coefficient (Wildman–Crippen LogP) is 3.51. The summed E-state index contributed by atoms with van der Waals surface area (Å²) in [5, 5.41) is 4.22. The third-order valence-electron chi connectivity index (χ3n) is 4.76. The van der Waals surface area contributed by atoms with Gasteiger partial charge in [-0.05, 0) is 42.3 Å². The molecule has 0 radical (unpaired) electrons. The average Bonchev–Trinajstić information content (AvgIpc) is 3.32. The quantitative estimate of drug-likeness (QED) is 0.510. The molecule has 4 aromatic rings. The summed E-state index contributed by atoms with van der Waals surface area (Å²) in [6.45, 7) is 1.86. The van der Waals surface area contributed by atoms with Gasteiger partial charge >= 0.3 is 5.97 Å². The van der Waals surface area contributed by atoms with Gasteiger partial charge in [0.05, 0.1) is 32.3 Å². The minimum Gasteiger partial charge on any atom is -0.496 e. The first-order valence-corrected chi connectivity index (χ1v) is 8.75. The lowest BCUT2D eigenvalue weighted by Gasteiger charge is -2.12. The summed E-state index contributed by atoms with van der Waals surface area (Å²) in [5.41, 5.74) is 5.94. The lowest BCUT2D eigenvalue weighted by molar-refractivity contribution is 0.0596. The molecular formula is C21H20N4O3. The van der Waals surface area contributed by atoms with Gasteiger partial charge in [-0.15, -0.1) is 0 Å². The van der Waals surface area contributed by atoms with Gasteiger partial charge < -0.3 is 9.47 Å². The number of carbonyl (C=O) groups is 1. The third kappa shape index (κ3) is 2.90. The van der Waals surface area contributed by atoms with Crippen molar-refractivity contribution in [2.75, 3.05) is 14.2 Å². The van der Waals surface area contributed by atoms with E-state index >= 15 is 0 Å². The number of nitrogens with zero attached hydrogens (tertiary/aromatic N) is 4. The molecule has 3 heterocycles.